The van der Waals surface area contributed by atoms with E-state index in [1.165, 1.54) is 10.8 Å². The second-order valence-corrected chi connectivity index (χ2v) is 5.54. The van der Waals surface area contributed by atoms with Crippen molar-refractivity contribution in [3.05, 3.63) is 48.0 Å². The SMILES string of the molecule is C.CN1CCN(C(=O)Cc2ccc3ccccc3c2)CC1. The van der Waals surface area contributed by atoms with Crippen molar-refractivity contribution < 1.29 is 4.79 Å². The summed E-state index contributed by atoms with van der Waals surface area (Å²) in [6.45, 7) is 3.65. The molecule has 0 aliphatic carbocycles. The van der Waals surface area contributed by atoms with E-state index in [2.05, 4.69) is 42.3 Å². The number of likely N-dealkylation sites (N-methyl/N-ethyl adjacent to an activating group) is 1. The largest absolute Gasteiger partial charge is 0.340 e. The normalized spacial score (nSPS) is 15.8. The number of amides is 1. The molecule has 0 aromatic heterocycles. The summed E-state index contributed by atoms with van der Waals surface area (Å²) in [5.41, 5.74) is 1.10. The van der Waals surface area contributed by atoms with E-state index in [1.807, 2.05) is 17.0 Å². The van der Waals surface area contributed by atoms with Gasteiger partial charge in [0.05, 0.1) is 6.42 Å². The van der Waals surface area contributed by atoms with Gasteiger partial charge in [-0.1, -0.05) is 49.9 Å². The summed E-state index contributed by atoms with van der Waals surface area (Å²) in [5.74, 6) is 0.244. The number of piperazine rings is 1. The molecule has 0 unspecified atom stereocenters. The van der Waals surface area contributed by atoms with Gasteiger partial charge in [0.25, 0.3) is 0 Å². The number of hydrogen-bond acceptors (Lipinski definition) is 2. The molecule has 2 aromatic rings. The van der Waals surface area contributed by atoms with Crippen molar-refractivity contribution in [2.24, 2.45) is 0 Å². The molecule has 0 N–H and O–H groups in total. The lowest BCUT2D eigenvalue weighted by molar-refractivity contribution is -0.132. The Bertz CT molecular complexity index is 615. The average Bonchev–Trinajstić information content (AvgIpc) is 2.48. The molecule has 1 aliphatic rings. The molecular formula is C18H24N2O. The second-order valence-electron chi connectivity index (χ2n) is 5.54. The third kappa shape index (κ3) is 3.61. The molecule has 2 aromatic carbocycles. The van der Waals surface area contributed by atoms with Gasteiger partial charge in [-0.2, -0.15) is 0 Å². The topological polar surface area (TPSA) is 23.6 Å². The van der Waals surface area contributed by atoms with Gasteiger partial charge in [0.1, 0.15) is 0 Å². The van der Waals surface area contributed by atoms with Gasteiger partial charge in [-0.05, 0) is 23.4 Å². The van der Waals surface area contributed by atoms with Crippen LogP contribution in [0.1, 0.15) is 13.0 Å². The molecule has 3 nitrogen and oxygen atoms in total. The first kappa shape index (κ1) is 15.5. The highest BCUT2D eigenvalue weighted by Gasteiger charge is 2.18. The lowest BCUT2D eigenvalue weighted by atomic mass is 10.0. The molecule has 1 amide bonds. The number of fused-ring (bicyclic) bond motifs is 1. The molecule has 112 valence electrons. The first-order valence-corrected chi connectivity index (χ1v) is 7.16. The van der Waals surface area contributed by atoms with Crippen LogP contribution in [0.5, 0.6) is 0 Å². The Kier molecular flexibility index (Phi) is 4.97. The minimum absolute atomic E-state index is 0. The van der Waals surface area contributed by atoms with Crippen molar-refractivity contribution in [1.29, 1.82) is 0 Å². The summed E-state index contributed by atoms with van der Waals surface area (Å²) in [6, 6.07) is 14.6. The van der Waals surface area contributed by atoms with Crippen LogP contribution in [0.4, 0.5) is 0 Å². The monoisotopic (exact) mass is 284 g/mol. The molecule has 0 atom stereocenters. The Labute approximate surface area is 127 Å². The predicted molar refractivity (Wildman–Crippen MR) is 88.5 cm³/mol. The predicted octanol–water partition coefficient (Wildman–Crippen LogP) is 2.79. The zero-order valence-corrected chi connectivity index (χ0v) is 11.9. The van der Waals surface area contributed by atoms with E-state index < -0.39 is 0 Å². The molecule has 3 heteroatoms. The van der Waals surface area contributed by atoms with E-state index >= 15 is 0 Å². The Balaban J connectivity index is 0.00000161. The number of nitrogens with zero attached hydrogens (tertiary/aromatic N) is 2. The van der Waals surface area contributed by atoms with Crippen molar-refractivity contribution in [2.45, 2.75) is 13.8 Å². The van der Waals surface area contributed by atoms with E-state index in [0.29, 0.717) is 6.42 Å². The highest BCUT2D eigenvalue weighted by molar-refractivity contribution is 5.85. The maximum atomic E-state index is 12.3. The molecule has 0 bridgehead atoms. The van der Waals surface area contributed by atoms with Crippen LogP contribution in [-0.4, -0.2) is 48.9 Å². The van der Waals surface area contributed by atoms with Crippen LogP contribution in [0.25, 0.3) is 10.8 Å². The van der Waals surface area contributed by atoms with Crippen molar-refractivity contribution in [3.8, 4) is 0 Å². The molecule has 3 rings (SSSR count). The van der Waals surface area contributed by atoms with Crippen molar-refractivity contribution in [3.63, 3.8) is 0 Å². The van der Waals surface area contributed by atoms with E-state index in [4.69, 9.17) is 0 Å². The summed E-state index contributed by atoms with van der Waals surface area (Å²) in [6.07, 6.45) is 0.508. The Morgan fingerprint density at radius 2 is 1.67 bits per heavy atom. The second kappa shape index (κ2) is 6.72. The first-order valence-electron chi connectivity index (χ1n) is 7.16. The molecule has 1 heterocycles. The zero-order chi connectivity index (χ0) is 13.9. The fraction of sp³-hybridized carbons (Fsp3) is 0.389. The van der Waals surface area contributed by atoms with Crippen molar-refractivity contribution in [2.75, 3.05) is 33.2 Å². The number of benzene rings is 2. The van der Waals surface area contributed by atoms with E-state index in [-0.39, 0.29) is 13.3 Å². The Morgan fingerprint density at radius 3 is 2.38 bits per heavy atom. The molecule has 0 radical (unpaired) electrons. The molecule has 21 heavy (non-hydrogen) atoms. The minimum atomic E-state index is 0. The van der Waals surface area contributed by atoms with Gasteiger partial charge in [-0.3, -0.25) is 4.79 Å². The summed E-state index contributed by atoms with van der Waals surface area (Å²) >= 11 is 0. The maximum absolute atomic E-state index is 12.3. The van der Waals surface area contributed by atoms with Crippen molar-refractivity contribution >= 4 is 16.7 Å². The highest BCUT2D eigenvalue weighted by atomic mass is 16.2. The first-order chi connectivity index (χ1) is 9.72. The summed E-state index contributed by atoms with van der Waals surface area (Å²) in [4.78, 5) is 16.6. The fourth-order valence-electron chi connectivity index (χ4n) is 2.69. The number of rotatable bonds is 2. The molecule has 1 saturated heterocycles. The Morgan fingerprint density at radius 1 is 1.00 bits per heavy atom. The van der Waals surface area contributed by atoms with Gasteiger partial charge in [-0.25, -0.2) is 0 Å². The lowest BCUT2D eigenvalue weighted by Crippen LogP contribution is -2.47. The highest BCUT2D eigenvalue weighted by Crippen LogP contribution is 2.16. The van der Waals surface area contributed by atoms with Crippen LogP contribution in [0.15, 0.2) is 42.5 Å². The summed E-state index contributed by atoms with van der Waals surface area (Å²) < 4.78 is 0. The van der Waals surface area contributed by atoms with Gasteiger partial charge < -0.3 is 9.80 Å². The van der Waals surface area contributed by atoms with Crippen LogP contribution in [-0.2, 0) is 11.2 Å². The maximum Gasteiger partial charge on any atom is 0.227 e. The molecular weight excluding hydrogens is 260 g/mol. The average molecular weight is 284 g/mol. The summed E-state index contributed by atoms with van der Waals surface area (Å²) in [7, 11) is 2.10. The molecule has 0 spiro atoms. The standard InChI is InChI=1S/C17H20N2O.CH4/c1-18-8-10-19(11-9-18)17(20)13-14-6-7-15-4-2-3-5-16(15)12-14;/h2-7,12H,8-11,13H2,1H3;1H4. The van der Waals surface area contributed by atoms with Gasteiger partial charge in [0.15, 0.2) is 0 Å². The smallest absolute Gasteiger partial charge is 0.227 e. The number of carbonyl (C=O) groups excluding carboxylic acids is 1. The van der Waals surface area contributed by atoms with Crippen LogP contribution in [0, 0.1) is 0 Å². The van der Waals surface area contributed by atoms with Crippen molar-refractivity contribution in [1.82, 2.24) is 9.80 Å². The lowest BCUT2D eigenvalue weighted by Gasteiger charge is -2.32. The minimum Gasteiger partial charge on any atom is -0.340 e. The number of hydrogen-bond donors (Lipinski definition) is 0. The third-order valence-electron chi connectivity index (χ3n) is 4.03. The third-order valence-corrected chi connectivity index (χ3v) is 4.03. The Hall–Kier alpha value is -1.87. The van der Waals surface area contributed by atoms with Crippen LogP contribution in [0.3, 0.4) is 0 Å². The van der Waals surface area contributed by atoms with Crippen LogP contribution in [0.2, 0.25) is 0 Å². The van der Waals surface area contributed by atoms with Gasteiger partial charge >= 0.3 is 0 Å². The van der Waals surface area contributed by atoms with E-state index in [9.17, 15) is 4.79 Å². The quantitative estimate of drug-likeness (QED) is 0.846. The van der Waals surface area contributed by atoms with Gasteiger partial charge in [-0.15, -0.1) is 0 Å². The summed E-state index contributed by atoms with van der Waals surface area (Å²) in [5, 5.41) is 2.43. The molecule has 1 aliphatic heterocycles. The van der Waals surface area contributed by atoms with Crippen LogP contribution < -0.4 is 0 Å². The van der Waals surface area contributed by atoms with E-state index in [1.54, 1.807) is 0 Å². The van der Waals surface area contributed by atoms with Crippen LogP contribution >= 0.6 is 0 Å². The molecule has 1 fully saturated rings. The van der Waals surface area contributed by atoms with Gasteiger partial charge in [0.2, 0.25) is 5.91 Å². The van der Waals surface area contributed by atoms with E-state index in [0.717, 1.165) is 31.7 Å². The fourth-order valence-corrected chi connectivity index (χ4v) is 2.69. The molecule has 0 saturated carbocycles. The zero-order valence-electron chi connectivity index (χ0n) is 11.9. The number of carbonyl (C=O) groups is 1. The van der Waals surface area contributed by atoms with Gasteiger partial charge in [0, 0.05) is 26.2 Å².